The summed E-state index contributed by atoms with van der Waals surface area (Å²) in [6.07, 6.45) is 1.71. The number of nitrogens with one attached hydrogen (secondary N) is 1. The number of carbonyl (C=O) groups excluding carboxylic acids is 1. The Hall–Kier alpha value is -3.74. The fourth-order valence-electron chi connectivity index (χ4n) is 4.06. The molecule has 0 saturated heterocycles. The highest BCUT2D eigenvalue weighted by Crippen LogP contribution is 2.22. The number of rotatable bonds is 7. The van der Waals surface area contributed by atoms with Crippen molar-refractivity contribution in [3.8, 4) is 5.69 Å². The van der Waals surface area contributed by atoms with Crippen molar-refractivity contribution in [2.75, 3.05) is 6.54 Å². The maximum absolute atomic E-state index is 13.2. The van der Waals surface area contributed by atoms with Crippen molar-refractivity contribution in [1.82, 2.24) is 24.9 Å². The normalized spacial score (nSPS) is 12.1. The van der Waals surface area contributed by atoms with Crippen LogP contribution in [0.25, 0.3) is 16.6 Å². The molecule has 7 heteroatoms. The lowest BCUT2D eigenvalue weighted by Gasteiger charge is -2.15. The lowest BCUT2D eigenvalue weighted by Crippen LogP contribution is -2.38. The fourth-order valence-corrected chi connectivity index (χ4v) is 4.06. The second kappa shape index (κ2) is 9.40. The van der Waals surface area contributed by atoms with Gasteiger partial charge in [0, 0.05) is 6.54 Å². The molecular formula is C26H29N5O2. The minimum atomic E-state index is -0.734. The summed E-state index contributed by atoms with van der Waals surface area (Å²) in [7, 11) is 0. The predicted octanol–water partition coefficient (Wildman–Crippen LogP) is 3.82. The summed E-state index contributed by atoms with van der Waals surface area (Å²) < 4.78 is 3.01. The van der Waals surface area contributed by atoms with E-state index in [1.807, 2.05) is 63.2 Å². The highest BCUT2D eigenvalue weighted by atomic mass is 16.2. The molecule has 170 valence electrons. The molecule has 2 heterocycles. The van der Waals surface area contributed by atoms with Gasteiger partial charge in [-0.2, -0.15) is 10.2 Å². The Morgan fingerprint density at radius 1 is 1.00 bits per heavy atom. The van der Waals surface area contributed by atoms with Crippen LogP contribution in [0.4, 0.5) is 0 Å². The van der Waals surface area contributed by atoms with Crippen LogP contribution in [0.3, 0.4) is 0 Å². The number of benzene rings is 2. The van der Waals surface area contributed by atoms with Gasteiger partial charge >= 0.3 is 0 Å². The van der Waals surface area contributed by atoms with Gasteiger partial charge in [0.05, 0.1) is 22.5 Å². The maximum Gasteiger partial charge on any atom is 0.295 e. The van der Waals surface area contributed by atoms with Gasteiger partial charge in [-0.3, -0.25) is 9.59 Å². The number of hydrogen-bond donors (Lipinski definition) is 1. The molecule has 0 aliphatic rings. The molecule has 0 spiro atoms. The molecule has 0 bridgehead atoms. The van der Waals surface area contributed by atoms with Crippen molar-refractivity contribution < 1.29 is 4.79 Å². The summed E-state index contributed by atoms with van der Waals surface area (Å²) in [5.41, 5.74) is 4.74. The average molecular weight is 444 g/mol. The second-order valence-electron chi connectivity index (χ2n) is 8.45. The van der Waals surface area contributed by atoms with E-state index < -0.39 is 6.04 Å². The standard InChI is InChI=1S/C26H29N5O2/c1-17-12-14-22(15-13-17)30-19(3)23-18(2)28-31(26(33)24(23)29-30)20(4)25(32)27-16-8-11-21-9-6-5-7-10-21/h5-7,9-10,12-15,20H,8,11,16H2,1-4H3,(H,27,32)/t20-/m0/s1. The Bertz CT molecular complexity index is 1340. The maximum atomic E-state index is 13.2. The molecule has 1 amide bonds. The van der Waals surface area contributed by atoms with E-state index >= 15 is 0 Å². The van der Waals surface area contributed by atoms with Crippen LogP contribution in [0.2, 0.25) is 0 Å². The van der Waals surface area contributed by atoms with Gasteiger partial charge in [-0.05, 0) is 58.2 Å². The van der Waals surface area contributed by atoms with E-state index in [9.17, 15) is 9.59 Å². The Morgan fingerprint density at radius 2 is 1.70 bits per heavy atom. The largest absolute Gasteiger partial charge is 0.354 e. The van der Waals surface area contributed by atoms with E-state index in [0.29, 0.717) is 17.8 Å². The molecule has 4 rings (SSSR count). The monoisotopic (exact) mass is 443 g/mol. The van der Waals surface area contributed by atoms with Gasteiger partial charge < -0.3 is 5.32 Å². The summed E-state index contributed by atoms with van der Waals surface area (Å²) in [6, 6.07) is 17.4. The first kappa shape index (κ1) is 22.5. The van der Waals surface area contributed by atoms with E-state index in [0.717, 1.165) is 35.2 Å². The molecule has 2 aromatic heterocycles. The van der Waals surface area contributed by atoms with Gasteiger partial charge in [0.15, 0.2) is 5.52 Å². The van der Waals surface area contributed by atoms with Crippen LogP contribution in [0.1, 0.15) is 41.9 Å². The van der Waals surface area contributed by atoms with Gasteiger partial charge in [-0.1, -0.05) is 48.0 Å². The fraction of sp³-hybridized carbons (Fsp3) is 0.308. The Labute approximate surface area is 193 Å². The topological polar surface area (TPSA) is 81.8 Å². The van der Waals surface area contributed by atoms with Crippen molar-refractivity contribution in [2.24, 2.45) is 0 Å². The molecule has 2 aromatic carbocycles. The molecular weight excluding hydrogens is 414 g/mol. The summed E-state index contributed by atoms with van der Waals surface area (Å²) >= 11 is 0. The zero-order valence-electron chi connectivity index (χ0n) is 19.5. The molecule has 4 aromatic rings. The number of carbonyl (C=O) groups is 1. The SMILES string of the molecule is Cc1ccc(-n2nc3c(=O)n([C@@H](C)C(=O)NCCCc4ccccc4)nc(C)c3c2C)cc1. The molecule has 1 atom stereocenters. The summed E-state index contributed by atoms with van der Waals surface area (Å²) in [4.78, 5) is 26.0. The Kier molecular flexibility index (Phi) is 6.40. The molecule has 7 nitrogen and oxygen atoms in total. The molecule has 0 fully saturated rings. The number of aryl methyl sites for hydroxylation is 4. The van der Waals surface area contributed by atoms with E-state index in [-0.39, 0.29) is 11.5 Å². The van der Waals surface area contributed by atoms with Gasteiger partial charge in [0.1, 0.15) is 6.04 Å². The van der Waals surface area contributed by atoms with E-state index in [1.54, 1.807) is 11.6 Å². The zero-order chi connectivity index (χ0) is 23.5. The van der Waals surface area contributed by atoms with Crippen molar-refractivity contribution >= 4 is 16.8 Å². The quantitative estimate of drug-likeness (QED) is 0.440. The van der Waals surface area contributed by atoms with Crippen LogP contribution >= 0.6 is 0 Å². The van der Waals surface area contributed by atoms with Gasteiger partial charge in [-0.15, -0.1) is 0 Å². The van der Waals surface area contributed by atoms with Gasteiger partial charge in [0.2, 0.25) is 5.91 Å². The van der Waals surface area contributed by atoms with Crippen molar-refractivity contribution in [2.45, 2.75) is 46.6 Å². The third-order valence-corrected chi connectivity index (χ3v) is 5.96. The van der Waals surface area contributed by atoms with Crippen LogP contribution in [-0.2, 0) is 11.2 Å². The van der Waals surface area contributed by atoms with E-state index in [1.165, 1.54) is 10.2 Å². The molecule has 1 N–H and O–H groups in total. The summed E-state index contributed by atoms with van der Waals surface area (Å²) in [5.74, 6) is -0.230. The third kappa shape index (κ3) is 4.58. The van der Waals surface area contributed by atoms with Gasteiger partial charge in [0.25, 0.3) is 5.56 Å². The summed E-state index contributed by atoms with van der Waals surface area (Å²) in [5, 5.41) is 12.7. The van der Waals surface area contributed by atoms with Crippen LogP contribution < -0.4 is 10.9 Å². The van der Waals surface area contributed by atoms with Gasteiger partial charge in [-0.25, -0.2) is 9.36 Å². The Morgan fingerprint density at radius 3 is 2.39 bits per heavy atom. The average Bonchev–Trinajstić information content (AvgIpc) is 3.17. The van der Waals surface area contributed by atoms with Crippen molar-refractivity contribution in [3.05, 3.63) is 87.5 Å². The molecule has 0 aliphatic carbocycles. The van der Waals surface area contributed by atoms with Crippen LogP contribution in [0, 0.1) is 20.8 Å². The van der Waals surface area contributed by atoms with Crippen LogP contribution in [0.5, 0.6) is 0 Å². The first-order chi connectivity index (χ1) is 15.9. The van der Waals surface area contributed by atoms with Crippen LogP contribution in [0.15, 0.2) is 59.4 Å². The highest BCUT2D eigenvalue weighted by Gasteiger charge is 2.23. The first-order valence-corrected chi connectivity index (χ1v) is 11.2. The molecule has 33 heavy (non-hydrogen) atoms. The molecule has 0 saturated carbocycles. The zero-order valence-corrected chi connectivity index (χ0v) is 19.5. The minimum Gasteiger partial charge on any atom is -0.354 e. The second-order valence-corrected chi connectivity index (χ2v) is 8.45. The number of aromatic nitrogens is 4. The number of fused-ring (bicyclic) bond motifs is 1. The predicted molar refractivity (Wildman–Crippen MR) is 130 cm³/mol. The molecule has 0 radical (unpaired) electrons. The van der Waals surface area contributed by atoms with Crippen molar-refractivity contribution in [3.63, 3.8) is 0 Å². The number of hydrogen-bond acceptors (Lipinski definition) is 4. The number of nitrogens with zero attached hydrogens (tertiary/aromatic N) is 4. The van der Waals surface area contributed by atoms with E-state index in [2.05, 4.69) is 27.6 Å². The van der Waals surface area contributed by atoms with E-state index in [4.69, 9.17) is 0 Å². The Balaban J connectivity index is 1.54. The first-order valence-electron chi connectivity index (χ1n) is 11.2. The summed E-state index contributed by atoms with van der Waals surface area (Å²) in [6.45, 7) is 8.02. The highest BCUT2D eigenvalue weighted by molar-refractivity contribution is 5.84. The number of amides is 1. The minimum absolute atomic E-state index is 0.230. The third-order valence-electron chi connectivity index (χ3n) is 5.96. The lowest BCUT2D eigenvalue weighted by molar-refractivity contribution is -0.124. The molecule has 0 aliphatic heterocycles. The molecule has 0 unspecified atom stereocenters. The smallest absolute Gasteiger partial charge is 0.295 e. The van der Waals surface area contributed by atoms with Crippen molar-refractivity contribution in [1.29, 1.82) is 0 Å². The van der Waals surface area contributed by atoms with Crippen LogP contribution in [-0.4, -0.2) is 32.0 Å². The lowest BCUT2D eigenvalue weighted by atomic mass is 10.1.